The Bertz CT molecular complexity index is 444. The van der Waals surface area contributed by atoms with Crippen molar-refractivity contribution < 1.29 is 14.7 Å². The molecule has 1 aromatic heterocycles. The van der Waals surface area contributed by atoms with E-state index >= 15 is 0 Å². The Balaban J connectivity index is 2.03. The first-order valence-electron chi connectivity index (χ1n) is 5.48. The Kier molecular flexibility index (Phi) is 3.42. The molecule has 0 saturated carbocycles. The summed E-state index contributed by atoms with van der Waals surface area (Å²) in [7, 11) is 0. The van der Waals surface area contributed by atoms with Gasteiger partial charge in [-0.2, -0.15) is 0 Å². The molecule has 0 aromatic carbocycles. The maximum absolute atomic E-state index is 11.7. The number of carbonyl (C=O) groups excluding carboxylic acids is 1. The van der Waals surface area contributed by atoms with E-state index in [1.54, 1.807) is 4.90 Å². The number of aromatic nitrogens is 1. The number of carboxylic acid groups (broad SMARTS) is 1. The number of hydrogen-bond acceptors (Lipinski definition) is 4. The van der Waals surface area contributed by atoms with E-state index in [0.29, 0.717) is 25.9 Å². The summed E-state index contributed by atoms with van der Waals surface area (Å²) in [6.07, 6.45) is 0.765. The van der Waals surface area contributed by atoms with Crippen LogP contribution in [0, 0.1) is 12.8 Å². The van der Waals surface area contributed by atoms with Gasteiger partial charge in [0.1, 0.15) is 0 Å². The van der Waals surface area contributed by atoms with Crippen LogP contribution in [0.4, 0.5) is 0 Å². The SMILES string of the molecule is Cc1nc(CN2CC(C(=O)O)CCC2=O)cs1. The van der Waals surface area contributed by atoms with Crippen LogP contribution in [-0.4, -0.2) is 33.4 Å². The number of aliphatic carboxylic acids is 1. The van der Waals surface area contributed by atoms with Crippen molar-refractivity contribution in [1.82, 2.24) is 9.88 Å². The number of piperidine rings is 1. The summed E-state index contributed by atoms with van der Waals surface area (Å²) in [4.78, 5) is 28.5. The van der Waals surface area contributed by atoms with Crippen LogP contribution in [0.5, 0.6) is 0 Å². The van der Waals surface area contributed by atoms with Gasteiger partial charge in [0.2, 0.25) is 5.91 Å². The second-order valence-corrected chi connectivity index (χ2v) is 5.27. The fourth-order valence-corrected chi connectivity index (χ4v) is 2.55. The van der Waals surface area contributed by atoms with Gasteiger partial charge in [0.15, 0.2) is 0 Å². The Labute approximate surface area is 103 Å². The van der Waals surface area contributed by atoms with Gasteiger partial charge in [-0.15, -0.1) is 11.3 Å². The third kappa shape index (κ3) is 2.82. The average Bonchev–Trinajstić information content (AvgIpc) is 2.67. The van der Waals surface area contributed by atoms with Crippen LogP contribution in [0.2, 0.25) is 0 Å². The highest BCUT2D eigenvalue weighted by molar-refractivity contribution is 7.09. The number of rotatable bonds is 3. The molecule has 92 valence electrons. The van der Waals surface area contributed by atoms with Crippen LogP contribution < -0.4 is 0 Å². The van der Waals surface area contributed by atoms with E-state index in [1.165, 1.54) is 11.3 Å². The predicted molar refractivity (Wildman–Crippen MR) is 62.6 cm³/mol. The molecule has 2 heterocycles. The van der Waals surface area contributed by atoms with Crippen molar-refractivity contribution in [2.24, 2.45) is 5.92 Å². The molecule has 0 spiro atoms. The standard InChI is InChI=1S/C11H14N2O3S/c1-7-12-9(6-17-7)5-13-4-8(11(15)16)2-3-10(13)14/h6,8H,2-5H2,1H3,(H,15,16). The summed E-state index contributed by atoms with van der Waals surface area (Å²) >= 11 is 1.54. The number of amides is 1. The van der Waals surface area contributed by atoms with E-state index in [4.69, 9.17) is 5.11 Å². The summed E-state index contributed by atoms with van der Waals surface area (Å²) in [5.74, 6) is -1.24. The first kappa shape index (κ1) is 12.0. The number of hydrogen-bond donors (Lipinski definition) is 1. The normalized spacial score (nSPS) is 20.6. The van der Waals surface area contributed by atoms with Crippen molar-refractivity contribution in [2.75, 3.05) is 6.54 Å². The van der Waals surface area contributed by atoms with Crippen molar-refractivity contribution in [2.45, 2.75) is 26.3 Å². The number of likely N-dealkylation sites (tertiary alicyclic amines) is 1. The lowest BCUT2D eigenvalue weighted by Gasteiger charge is -2.30. The highest BCUT2D eigenvalue weighted by atomic mass is 32.1. The monoisotopic (exact) mass is 254 g/mol. The molecule has 1 unspecified atom stereocenters. The molecule has 1 amide bonds. The Hall–Kier alpha value is -1.43. The quantitative estimate of drug-likeness (QED) is 0.882. The van der Waals surface area contributed by atoms with E-state index < -0.39 is 11.9 Å². The van der Waals surface area contributed by atoms with Crippen molar-refractivity contribution in [1.29, 1.82) is 0 Å². The number of aryl methyl sites for hydroxylation is 1. The van der Waals surface area contributed by atoms with Crippen LogP contribution in [0.1, 0.15) is 23.5 Å². The van der Waals surface area contributed by atoms with Crippen LogP contribution >= 0.6 is 11.3 Å². The summed E-state index contributed by atoms with van der Waals surface area (Å²) < 4.78 is 0. The van der Waals surface area contributed by atoms with Gasteiger partial charge in [0.25, 0.3) is 0 Å². The zero-order chi connectivity index (χ0) is 12.4. The highest BCUT2D eigenvalue weighted by Gasteiger charge is 2.30. The maximum Gasteiger partial charge on any atom is 0.308 e. The largest absolute Gasteiger partial charge is 0.481 e. The molecule has 0 radical (unpaired) electrons. The minimum Gasteiger partial charge on any atom is -0.481 e. The molecule has 1 N–H and O–H groups in total. The molecule has 2 rings (SSSR count). The first-order chi connectivity index (χ1) is 8.06. The van der Waals surface area contributed by atoms with Crippen LogP contribution in [0.15, 0.2) is 5.38 Å². The summed E-state index contributed by atoms with van der Waals surface area (Å²) in [5.41, 5.74) is 0.840. The maximum atomic E-state index is 11.7. The molecule has 0 bridgehead atoms. The lowest BCUT2D eigenvalue weighted by atomic mass is 9.98. The fourth-order valence-electron chi connectivity index (χ4n) is 1.95. The third-order valence-electron chi connectivity index (χ3n) is 2.87. The van der Waals surface area contributed by atoms with Crippen LogP contribution in [0.3, 0.4) is 0 Å². The number of nitrogens with zero attached hydrogens (tertiary/aromatic N) is 2. The van der Waals surface area contributed by atoms with E-state index in [-0.39, 0.29) is 5.91 Å². The number of carboxylic acids is 1. The third-order valence-corrected chi connectivity index (χ3v) is 3.69. The second-order valence-electron chi connectivity index (χ2n) is 4.21. The molecular weight excluding hydrogens is 240 g/mol. The Morgan fingerprint density at radius 3 is 3.06 bits per heavy atom. The molecule has 0 aliphatic carbocycles. The molecule has 17 heavy (non-hydrogen) atoms. The number of carbonyl (C=O) groups is 2. The lowest BCUT2D eigenvalue weighted by molar-refractivity contribution is -0.147. The molecule has 1 atom stereocenters. The lowest BCUT2D eigenvalue weighted by Crippen LogP contribution is -2.42. The van der Waals surface area contributed by atoms with Gasteiger partial charge in [0.05, 0.1) is 23.2 Å². The van der Waals surface area contributed by atoms with Crippen molar-refractivity contribution in [3.8, 4) is 0 Å². The number of thiazole rings is 1. The molecule has 1 aliphatic heterocycles. The Morgan fingerprint density at radius 1 is 1.71 bits per heavy atom. The minimum absolute atomic E-state index is 0.0214. The minimum atomic E-state index is -0.822. The van der Waals surface area contributed by atoms with Crippen molar-refractivity contribution in [3.05, 3.63) is 16.1 Å². The zero-order valence-electron chi connectivity index (χ0n) is 9.55. The van der Waals surface area contributed by atoms with E-state index in [1.807, 2.05) is 12.3 Å². The van der Waals surface area contributed by atoms with E-state index in [2.05, 4.69) is 4.98 Å². The first-order valence-corrected chi connectivity index (χ1v) is 6.36. The van der Waals surface area contributed by atoms with Gasteiger partial charge in [-0.25, -0.2) is 4.98 Å². The van der Waals surface area contributed by atoms with E-state index in [0.717, 1.165) is 10.7 Å². The average molecular weight is 254 g/mol. The van der Waals surface area contributed by atoms with Gasteiger partial charge in [-0.1, -0.05) is 0 Å². The van der Waals surface area contributed by atoms with Gasteiger partial charge in [-0.05, 0) is 13.3 Å². The van der Waals surface area contributed by atoms with Gasteiger partial charge in [-0.3, -0.25) is 9.59 Å². The van der Waals surface area contributed by atoms with E-state index in [9.17, 15) is 9.59 Å². The highest BCUT2D eigenvalue weighted by Crippen LogP contribution is 2.20. The van der Waals surface area contributed by atoms with Gasteiger partial charge >= 0.3 is 5.97 Å². The smallest absolute Gasteiger partial charge is 0.308 e. The molecular formula is C11H14N2O3S. The predicted octanol–water partition coefficient (Wildman–Crippen LogP) is 1.27. The van der Waals surface area contributed by atoms with Crippen LogP contribution in [-0.2, 0) is 16.1 Å². The molecule has 6 heteroatoms. The van der Waals surface area contributed by atoms with Gasteiger partial charge < -0.3 is 10.0 Å². The molecule has 1 saturated heterocycles. The zero-order valence-corrected chi connectivity index (χ0v) is 10.4. The Morgan fingerprint density at radius 2 is 2.47 bits per heavy atom. The molecule has 1 aromatic rings. The van der Waals surface area contributed by atoms with Crippen molar-refractivity contribution >= 4 is 23.2 Å². The fraction of sp³-hybridized carbons (Fsp3) is 0.545. The molecule has 1 fully saturated rings. The van der Waals surface area contributed by atoms with Gasteiger partial charge in [0, 0.05) is 18.3 Å². The summed E-state index contributed by atoms with van der Waals surface area (Å²) in [6, 6.07) is 0. The second kappa shape index (κ2) is 4.83. The molecule has 5 nitrogen and oxygen atoms in total. The van der Waals surface area contributed by atoms with Crippen LogP contribution in [0.25, 0.3) is 0 Å². The summed E-state index contributed by atoms with van der Waals surface area (Å²) in [6.45, 7) is 2.63. The van der Waals surface area contributed by atoms with Crippen molar-refractivity contribution in [3.63, 3.8) is 0 Å². The topological polar surface area (TPSA) is 70.5 Å². The summed E-state index contributed by atoms with van der Waals surface area (Å²) in [5, 5.41) is 11.8. The molecule has 1 aliphatic rings.